The predicted octanol–water partition coefficient (Wildman–Crippen LogP) is 2.83. The van der Waals surface area contributed by atoms with Gasteiger partial charge in [0.1, 0.15) is 38.1 Å². The van der Waals surface area contributed by atoms with Crippen LogP contribution in [-0.4, -0.2) is 61.2 Å². The molecular formula is C20H28NO3+. The van der Waals surface area contributed by atoms with Crippen LogP contribution in [0, 0.1) is 0 Å². The van der Waals surface area contributed by atoms with Crippen LogP contribution < -0.4 is 4.74 Å². The van der Waals surface area contributed by atoms with E-state index in [9.17, 15) is 5.11 Å². The Balaban J connectivity index is 1.65. The molecular weight excluding hydrogens is 302 g/mol. The highest BCUT2D eigenvalue weighted by atomic mass is 16.5. The Hall–Kier alpha value is -1.62. The van der Waals surface area contributed by atoms with Crippen molar-refractivity contribution in [3.8, 4) is 5.75 Å². The van der Waals surface area contributed by atoms with E-state index in [0.717, 1.165) is 47.3 Å². The van der Waals surface area contributed by atoms with E-state index in [1.54, 1.807) is 0 Å². The Morgan fingerprint density at radius 1 is 1.08 bits per heavy atom. The van der Waals surface area contributed by atoms with Crippen LogP contribution in [-0.2, 0) is 4.74 Å². The molecule has 0 amide bonds. The smallest absolute Gasteiger partial charge is 0.137 e. The Morgan fingerprint density at radius 3 is 2.54 bits per heavy atom. The number of hydrogen-bond acceptors (Lipinski definition) is 3. The van der Waals surface area contributed by atoms with Gasteiger partial charge in [0.05, 0.1) is 19.3 Å². The summed E-state index contributed by atoms with van der Waals surface area (Å²) in [6.07, 6.45) is -0.482. The molecule has 1 N–H and O–H groups in total. The Kier molecular flexibility index (Phi) is 5.39. The van der Waals surface area contributed by atoms with Crippen LogP contribution in [0.4, 0.5) is 0 Å². The zero-order valence-electron chi connectivity index (χ0n) is 14.6. The van der Waals surface area contributed by atoms with Gasteiger partial charge in [-0.15, -0.1) is 0 Å². The number of morpholine rings is 1. The molecule has 1 heterocycles. The van der Waals surface area contributed by atoms with E-state index in [1.165, 1.54) is 0 Å². The lowest BCUT2D eigenvalue weighted by Gasteiger charge is -2.45. The van der Waals surface area contributed by atoms with E-state index < -0.39 is 6.10 Å². The molecule has 0 aromatic heterocycles. The molecule has 2 aromatic rings. The summed E-state index contributed by atoms with van der Waals surface area (Å²) in [7, 11) is 0. The van der Waals surface area contributed by atoms with Crippen LogP contribution in [0.25, 0.3) is 10.8 Å². The maximum Gasteiger partial charge on any atom is 0.137 e. The number of aliphatic hydroxyl groups excluding tert-OH is 1. The number of quaternary nitrogens is 1. The molecule has 1 saturated heterocycles. The van der Waals surface area contributed by atoms with Gasteiger partial charge in [0.2, 0.25) is 0 Å². The average molecular weight is 330 g/mol. The second kappa shape index (κ2) is 7.51. The molecule has 4 nitrogen and oxygen atoms in total. The number of ether oxygens (including phenoxy) is 2. The lowest BCUT2D eigenvalue weighted by atomic mass is 10.1. The summed E-state index contributed by atoms with van der Waals surface area (Å²) in [4.78, 5) is 0. The van der Waals surface area contributed by atoms with Gasteiger partial charge >= 0.3 is 0 Å². The summed E-state index contributed by atoms with van der Waals surface area (Å²) in [6.45, 7) is 8.96. The van der Waals surface area contributed by atoms with Gasteiger partial charge in [-0.3, -0.25) is 0 Å². The second-order valence-electron chi connectivity index (χ2n) is 7.00. The van der Waals surface area contributed by atoms with Crippen LogP contribution >= 0.6 is 0 Å². The summed E-state index contributed by atoms with van der Waals surface area (Å²) < 4.78 is 12.4. The Bertz CT molecular complexity index is 659. The van der Waals surface area contributed by atoms with Gasteiger partial charge in [-0.05, 0) is 25.3 Å². The van der Waals surface area contributed by atoms with Crippen molar-refractivity contribution in [2.45, 2.75) is 26.0 Å². The molecule has 0 saturated carbocycles. The fourth-order valence-electron chi connectivity index (χ4n) is 3.60. The molecule has 0 radical (unpaired) electrons. The number of benzene rings is 2. The van der Waals surface area contributed by atoms with Gasteiger partial charge in [-0.1, -0.05) is 36.4 Å². The maximum atomic E-state index is 10.6. The van der Waals surface area contributed by atoms with E-state index in [0.29, 0.717) is 19.2 Å². The lowest BCUT2D eigenvalue weighted by Crippen LogP contribution is -2.62. The fraction of sp³-hybridized carbons (Fsp3) is 0.500. The zero-order chi connectivity index (χ0) is 17.0. The largest absolute Gasteiger partial charge is 0.490 e. The standard InChI is InChI=1S/C20H28NO3/c1-16(2)21(10-12-23-13-11-21)14-18(22)15-24-20-9-5-7-17-6-3-4-8-19(17)20/h3-9,16,18,22H,10-15H2,1-2H3/q+1. The highest BCUT2D eigenvalue weighted by Crippen LogP contribution is 2.25. The van der Waals surface area contributed by atoms with E-state index >= 15 is 0 Å². The highest BCUT2D eigenvalue weighted by molar-refractivity contribution is 5.88. The minimum absolute atomic E-state index is 0.321. The summed E-state index contributed by atoms with van der Waals surface area (Å²) in [6, 6.07) is 14.7. The fourth-order valence-corrected chi connectivity index (χ4v) is 3.60. The number of nitrogens with zero attached hydrogens (tertiary/aromatic N) is 1. The monoisotopic (exact) mass is 330 g/mol. The predicted molar refractivity (Wildman–Crippen MR) is 96.3 cm³/mol. The minimum atomic E-state index is -0.482. The molecule has 1 aliphatic rings. The molecule has 0 bridgehead atoms. The van der Waals surface area contributed by atoms with Gasteiger partial charge in [0, 0.05) is 5.39 Å². The number of rotatable bonds is 6. The first-order chi connectivity index (χ1) is 11.6. The van der Waals surface area contributed by atoms with Crippen molar-refractivity contribution >= 4 is 10.8 Å². The molecule has 0 aliphatic carbocycles. The van der Waals surface area contributed by atoms with Crippen molar-refractivity contribution in [2.24, 2.45) is 0 Å². The maximum absolute atomic E-state index is 10.6. The first kappa shape index (κ1) is 17.2. The Morgan fingerprint density at radius 2 is 1.79 bits per heavy atom. The normalized spacial score (nSPS) is 18.7. The molecule has 130 valence electrons. The zero-order valence-corrected chi connectivity index (χ0v) is 14.6. The first-order valence-electron chi connectivity index (χ1n) is 8.83. The van der Waals surface area contributed by atoms with Gasteiger partial charge in [0.15, 0.2) is 0 Å². The molecule has 1 fully saturated rings. The summed E-state index contributed by atoms with van der Waals surface area (Å²) >= 11 is 0. The van der Waals surface area contributed by atoms with Crippen LogP contribution in [0.5, 0.6) is 5.75 Å². The van der Waals surface area contributed by atoms with Crippen molar-refractivity contribution in [3.63, 3.8) is 0 Å². The summed E-state index contributed by atoms with van der Waals surface area (Å²) in [5, 5.41) is 12.8. The minimum Gasteiger partial charge on any atom is -0.490 e. The third kappa shape index (κ3) is 3.72. The molecule has 0 spiro atoms. The van der Waals surface area contributed by atoms with E-state index in [4.69, 9.17) is 9.47 Å². The summed E-state index contributed by atoms with van der Waals surface area (Å²) in [5.74, 6) is 0.838. The first-order valence-corrected chi connectivity index (χ1v) is 8.83. The Labute approximate surface area is 144 Å². The third-order valence-corrected chi connectivity index (χ3v) is 5.21. The van der Waals surface area contributed by atoms with Crippen LogP contribution in [0.3, 0.4) is 0 Å². The van der Waals surface area contributed by atoms with Crippen LogP contribution in [0.2, 0.25) is 0 Å². The molecule has 1 unspecified atom stereocenters. The highest BCUT2D eigenvalue weighted by Gasteiger charge is 2.35. The summed E-state index contributed by atoms with van der Waals surface area (Å²) in [5.41, 5.74) is 0. The van der Waals surface area contributed by atoms with Crippen LogP contribution in [0.15, 0.2) is 42.5 Å². The SMILES string of the molecule is CC(C)[N+]1(CC(O)COc2cccc3ccccc23)CCOCC1. The molecule has 24 heavy (non-hydrogen) atoms. The van der Waals surface area contributed by atoms with Crippen LogP contribution in [0.1, 0.15) is 13.8 Å². The number of fused-ring (bicyclic) bond motifs is 1. The molecule has 2 aromatic carbocycles. The van der Waals surface area contributed by atoms with Crippen molar-refractivity contribution in [1.82, 2.24) is 0 Å². The number of aliphatic hydroxyl groups is 1. The van der Waals surface area contributed by atoms with E-state index in [2.05, 4.69) is 32.0 Å². The van der Waals surface area contributed by atoms with Gasteiger partial charge < -0.3 is 19.1 Å². The van der Waals surface area contributed by atoms with Gasteiger partial charge in [-0.25, -0.2) is 0 Å². The molecule has 3 rings (SSSR count). The lowest BCUT2D eigenvalue weighted by molar-refractivity contribution is -0.956. The average Bonchev–Trinajstić information content (AvgIpc) is 2.60. The van der Waals surface area contributed by atoms with E-state index in [-0.39, 0.29) is 0 Å². The molecule has 1 aliphatic heterocycles. The van der Waals surface area contributed by atoms with Crippen molar-refractivity contribution in [1.29, 1.82) is 0 Å². The van der Waals surface area contributed by atoms with Crippen molar-refractivity contribution in [3.05, 3.63) is 42.5 Å². The van der Waals surface area contributed by atoms with Crippen molar-refractivity contribution in [2.75, 3.05) is 39.5 Å². The van der Waals surface area contributed by atoms with E-state index in [1.807, 2.05) is 24.3 Å². The number of hydrogen-bond donors (Lipinski definition) is 1. The second-order valence-corrected chi connectivity index (χ2v) is 7.00. The molecule has 1 atom stereocenters. The van der Waals surface area contributed by atoms with Gasteiger partial charge in [-0.2, -0.15) is 0 Å². The van der Waals surface area contributed by atoms with Gasteiger partial charge in [0.25, 0.3) is 0 Å². The quantitative estimate of drug-likeness (QED) is 0.828. The third-order valence-electron chi connectivity index (χ3n) is 5.21. The topological polar surface area (TPSA) is 38.7 Å². The molecule has 4 heteroatoms. The van der Waals surface area contributed by atoms with Crippen molar-refractivity contribution < 1.29 is 19.1 Å².